The van der Waals surface area contributed by atoms with Crippen molar-refractivity contribution in [3.05, 3.63) is 0 Å². The van der Waals surface area contributed by atoms with Gasteiger partial charge in [-0.25, -0.2) is 0 Å². The fourth-order valence-electron chi connectivity index (χ4n) is 2.29. The molecule has 2 atom stereocenters. The number of nitrogens with one attached hydrogen (secondary N) is 1. The van der Waals surface area contributed by atoms with Crippen LogP contribution in [0, 0.1) is 11.8 Å². The van der Waals surface area contributed by atoms with Crippen LogP contribution >= 0.6 is 0 Å². The first kappa shape index (κ1) is 10.0. The first-order chi connectivity index (χ1) is 5.72. The highest BCUT2D eigenvalue weighted by Crippen LogP contribution is 2.24. The maximum Gasteiger partial charge on any atom is 0.00670 e. The third-order valence-corrected chi connectivity index (χ3v) is 2.90. The molecule has 1 saturated heterocycles. The molecule has 1 rings (SSSR count). The van der Waals surface area contributed by atoms with Crippen molar-refractivity contribution in [3.8, 4) is 0 Å². The van der Waals surface area contributed by atoms with Gasteiger partial charge in [0.15, 0.2) is 0 Å². The summed E-state index contributed by atoms with van der Waals surface area (Å²) in [5.41, 5.74) is 0. The molecule has 1 heteroatoms. The second-order valence-electron chi connectivity index (χ2n) is 4.58. The van der Waals surface area contributed by atoms with Gasteiger partial charge in [0.25, 0.3) is 0 Å². The highest BCUT2D eigenvalue weighted by Gasteiger charge is 2.20. The van der Waals surface area contributed by atoms with Crippen molar-refractivity contribution < 1.29 is 0 Å². The topological polar surface area (TPSA) is 12.0 Å². The van der Waals surface area contributed by atoms with Crippen LogP contribution in [0.15, 0.2) is 0 Å². The largest absolute Gasteiger partial charge is 0.314 e. The summed E-state index contributed by atoms with van der Waals surface area (Å²) in [6.45, 7) is 8.21. The summed E-state index contributed by atoms with van der Waals surface area (Å²) < 4.78 is 0. The van der Waals surface area contributed by atoms with Gasteiger partial charge in [0, 0.05) is 6.04 Å². The van der Waals surface area contributed by atoms with Crippen LogP contribution in [0.2, 0.25) is 0 Å². The average molecular weight is 169 g/mol. The molecular formula is C11H23N. The van der Waals surface area contributed by atoms with E-state index in [1.165, 1.54) is 32.2 Å². The van der Waals surface area contributed by atoms with E-state index in [1.807, 2.05) is 0 Å². The smallest absolute Gasteiger partial charge is 0.00670 e. The Labute approximate surface area is 76.9 Å². The molecule has 1 N–H and O–H groups in total. The third-order valence-electron chi connectivity index (χ3n) is 2.90. The normalized spacial score (nSPS) is 31.0. The van der Waals surface area contributed by atoms with E-state index in [9.17, 15) is 0 Å². The Balaban J connectivity index is 2.25. The minimum Gasteiger partial charge on any atom is -0.314 e. The van der Waals surface area contributed by atoms with E-state index in [2.05, 4.69) is 26.1 Å². The van der Waals surface area contributed by atoms with Crippen molar-refractivity contribution in [2.24, 2.45) is 11.8 Å². The molecule has 1 fully saturated rings. The van der Waals surface area contributed by atoms with E-state index in [0.29, 0.717) is 0 Å². The van der Waals surface area contributed by atoms with Gasteiger partial charge in [-0.15, -0.1) is 0 Å². The van der Waals surface area contributed by atoms with Gasteiger partial charge in [-0.2, -0.15) is 0 Å². The lowest BCUT2D eigenvalue weighted by atomic mass is 9.85. The Morgan fingerprint density at radius 3 is 2.75 bits per heavy atom. The highest BCUT2D eigenvalue weighted by atomic mass is 14.9. The molecule has 0 spiro atoms. The van der Waals surface area contributed by atoms with Crippen LogP contribution in [-0.4, -0.2) is 12.6 Å². The quantitative estimate of drug-likeness (QED) is 0.685. The lowest BCUT2D eigenvalue weighted by Crippen LogP contribution is -2.37. The molecule has 0 aliphatic carbocycles. The van der Waals surface area contributed by atoms with Gasteiger partial charge in [0.2, 0.25) is 0 Å². The highest BCUT2D eigenvalue weighted by molar-refractivity contribution is 4.77. The zero-order chi connectivity index (χ0) is 8.97. The molecule has 72 valence electrons. The molecule has 0 saturated carbocycles. The molecule has 0 radical (unpaired) electrons. The second-order valence-corrected chi connectivity index (χ2v) is 4.58. The summed E-state index contributed by atoms with van der Waals surface area (Å²) in [6.07, 6.45) is 5.54. The number of hydrogen-bond donors (Lipinski definition) is 1. The average Bonchev–Trinajstić information content (AvgIpc) is 2.03. The van der Waals surface area contributed by atoms with Crippen LogP contribution in [0.25, 0.3) is 0 Å². The van der Waals surface area contributed by atoms with E-state index >= 15 is 0 Å². The molecule has 0 amide bonds. The molecule has 0 bridgehead atoms. The van der Waals surface area contributed by atoms with Gasteiger partial charge < -0.3 is 5.32 Å². The maximum atomic E-state index is 3.57. The predicted octanol–water partition coefficient (Wildman–Crippen LogP) is 2.81. The van der Waals surface area contributed by atoms with Gasteiger partial charge in [0.05, 0.1) is 0 Å². The molecule has 0 aromatic heterocycles. The number of hydrogen-bond acceptors (Lipinski definition) is 1. The predicted molar refractivity (Wildman–Crippen MR) is 54.3 cm³/mol. The van der Waals surface area contributed by atoms with Crippen LogP contribution in [0.1, 0.15) is 46.5 Å². The molecule has 1 heterocycles. The zero-order valence-corrected chi connectivity index (χ0v) is 8.77. The standard InChI is InChI=1S/C11H23N/c1-4-11-8-10(5-6-12-11)7-9(2)3/h9-12H,4-8H2,1-3H3. The summed E-state index contributed by atoms with van der Waals surface area (Å²) in [6, 6.07) is 0.808. The van der Waals surface area contributed by atoms with Crippen molar-refractivity contribution in [2.75, 3.05) is 6.54 Å². The molecule has 0 aromatic carbocycles. The Morgan fingerprint density at radius 2 is 2.17 bits per heavy atom. The van der Waals surface area contributed by atoms with Crippen LogP contribution in [0.4, 0.5) is 0 Å². The van der Waals surface area contributed by atoms with Crippen molar-refractivity contribution in [2.45, 2.75) is 52.5 Å². The molecular weight excluding hydrogens is 146 g/mol. The first-order valence-electron chi connectivity index (χ1n) is 5.45. The zero-order valence-electron chi connectivity index (χ0n) is 8.77. The molecule has 12 heavy (non-hydrogen) atoms. The Bertz CT molecular complexity index is 120. The lowest BCUT2D eigenvalue weighted by molar-refractivity contribution is 0.261. The van der Waals surface area contributed by atoms with Gasteiger partial charge in [-0.3, -0.25) is 0 Å². The van der Waals surface area contributed by atoms with Crippen molar-refractivity contribution in [1.29, 1.82) is 0 Å². The lowest BCUT2D eigenvalue weighted by Gasteiger charge is -2.30. The van der Waals surface area contributed by atoms with Gasteiger partial charge in [-0.1, -0.05) is 20.8 Å². The van der Waals surface area contributed by atoms with Crippen molar-refractivity contribution >= 4 is 0 Å². The van der Waals surface area contributed by atoms with Crippen LogP contribution < -0.4 is 5.32 Å². The second kappa shape index (κ2) is 4.86. The summed E-state index contributed by atoms with van der Waals surface area (Å²) in [5, 5.41) is 3.57. The van der Waals surface area contributed by atoms with Gasteiger partial charge in [-0.05, 0) is 44.1 Å². The molecule has 1 aliphatic rings. The summed E-state index contributed by atoms with van der Waals surface area (Å²) in [4.78, 5) is 0. The van der Waals surface area contributed by atoms with E-state index in [1.54, 1.807) is 0 Å². The summed E-state index contributed by atoms with van der Waals surface area (Å²) >= 11 is 0. The fourth-order valence-corrected chi connectivity index (χ4v) is 2.29. The van der Waals surface area contributed by atoms with E-state index in [0.717, 1.165) is 17.9 Å². The third kappa shape index (κ3) is 3.14. The summed E-state index contributed by atoms with van der Waals surface area (Å²) in [5.74, 6) is 1.88. The van der Waals surface area contributed by atoms with Crippen LogP contribution in [0.5, 0.6) is 0 Å². The minimum absolute atomic E-state index is 0.808. The summed E-state index contributed by atoms with van der Waals surface area (Å²) in [7, 11) is 0. The van der Waals surface area contributed by atoms with E-state index in [4.69, 9.17) is 0 Å². The number of piperidine rings is 1. The van der Waals surface area contributed by atoms with Crippen molar-refractivity contribution in [1.82, 2.24) is 5.32 Å². The molecule has 1 nitrogen and oxygen atoms in total. The van der Waals surface area contributed by atoms with Crippen LogP contribution in [-0.2, 0) is 0 Å². The fraction of sp³-hybridized carbons (Fsp3) is 1.00. The van der Waals surface area contributed by atoms with Crippen molar-refractivity contribution in [3.63, 3.8) is 0 Å². The first-order valence-corrected chi connectivity index (χ1v) is 5.45. The number of rotatable bonds is 3. The van der Waals surface area contributed by atoms with Gasteiger partial charge >= 0.3 is 0 Å². The van der Waals surface area contributed by atoms with Gasteiger partial charge in [0.1, 0.15) is 0 Å². The maximum absolute atomic E-state index is 3.57. The Hall–Kier alpha value is -0.0400. The SMILES string of the molecule is CCC1CC(CC(C)C)CCN1. The Kier molecular flexibility index (Phi) is 4.07. The molecule has 0 aromatic rings. The van der Waals surface area contributed by atoms with Crippen LogP contribution in [0.3, 0.4) is 0 Å². The Morgan fingerprint density at radius 1 is 1.42 bits per heavy atom. The molecule has 1 aliphatic heterocycles. The minimum atomic E-state index is 0.808. The molecule has 2 unspecified atom stereocenters. The monoisotopic (exact) mass is 169 g/mol. The van der Waals surface area contributed by atoms with E-state index in [-0.39, 0.29) is 0 Å². The van der Waals surface area contributed by atoms with E-state index < -0.39 is 0 Å².